The summed E-state index contributed by atoms with van der Waals surface area (Å²) in [5, 5.41) is -0.151. The molecule has 0 aliphatic carbocycles. The van der Waals surface area contributed by atoms with Crippen LogP contribution in [0.4, 0.5) is 5.82 Å². The summed E-state index contributed by atoms with van der Waals surface area (Å²) in [4.78, 5) is 15.7. The summed E-state index contributed by atoms with van der Waals surface area (Å²) in [5.74, 6) is 1.28. The van der Waals surface area contributed by atoms with Crippen molar-refractivity contribution in [1.29, 1.82) is 0 Å². The fourth-order valence-corrected chi connectivity index (χ4v) is 4.89. The van der Waals surface area contributed by atoms with Gasteiger partial charge in [-0.05, 0) is 17.5 Å². The molecule has 4 rings (SSSR count). The normalized spacial score (nSPS) is 15.1. The van der Waals surface area contributed by atoms with Crippen molar-refractivity contribution in [3.8, 4) is 0 Å². The van der Waals surface area contributed by atoms with Gasteiger partial charge < -0.3 is 14.2 Å². The molecular weight excluding hydrogens is 402 g/mol. The number of sulfone groups is 1. The largest absolute Gasteiger partial charge is 0.378 e. The predicted molar refractivity (Wildman–Crippen MR) is 115 cm³/mol. The molecule has 0 atom stereocenters. The van der Waals surface area contributed by atoms with Gasteiger partial charge in [-0.3, -0.25) is 0 Å². The van der Waals surface area contributed by atoms with Gasteiger partial charge in [0, 0.05) is 26.6 Å². The van der Waals surface area contributed by atoms with Crippen molar-refractivity contribution < 1.29 is 13.2 Å². The van der Waals surface area contributed by atoms with Gasteiger partial charge in [0.05, 0.1) is 19.0 Å². The number of fused-ring (bicyclic) bond motifs is 1. The van der Waals surface area contributed by atoms with Gasteiger partial charge in [-0.2, -0.15) is 9.97 Å². The highest BCUT2D eigenvalue weighted by atomic mass is 32.2. The number of imidazole rings is 1. The van der Waals surface area contributed by atoms with Crippen molar-refractivity contribution in [2.75, 3.05) is 31.2 Å². The van der Waals surface area contributed by atoms with Crippen LogP contribution in [-0.4, -0.2) is 54.2 Å². The Labute approximate surface area is 176 Å². The lowest BCUT2D eigenvalue weighted by Crippen LogP contribution is -2.37. The first-order valence-electron chi connectivity index (χ1n) is 10.3. The van der Waals surface area contributed by atoms with Gasteiger partial charge in [-0.15, -0.1) is 0 Å². The Bertz CT molecular complexity index is 1150. The zero-order valence-electron chi connectivity index (χ0n) is 17.6. The topological polar surface area (TPSA) is 90.2 Å². The van der Waals surface area contributed by atoms with Crippen molar-refractivity contribution in [3.63, 3.8) is 0 Å². The van der Waals surface area contributed by atoms with E-state index < -0.39 is 9.84 Å². The van der Waals surface area contributed by atoms with Crippen molar-refractivity contribution in [2.45, 2.75) is 37.6 Å². The highest BCUT2D eigenvalue weighted by molar-refractivity contribution is 7.90. The summed E-state index contributed by atoms with van der Waals surface area (Å²) < 4.78 is 33.8. The summed E-state index contributed by atoms with van der Waals surface area (Å²) in [7, 11) is -1.86. The molecule has 1 saturated heterocycles. The number of hydrogen-bond donors (Lipinski definition) is 0. The molecule has 0 saturated carbocycles. The minimum atomic E-state index is -3.72. The van der Waals surface area contributed by atoms with Crippen LogP contribution < -0.4 is 4.90 Å². The molecule has 3 heterocycles. The highest BCUT2D eigenvalue weighted by Gasteiger charge is 2.27. The molecule has 0 bridgehead atoms. The molecule has 9 heteroatoms. The predicted octanol–water partition coefficient (Wildman–Crippen LogP) is 2.30. The van der Waals surface area contributed by atoms with Crippen LogP contribution in [0.2, 0.25) is 0 Å². The van der Waals surface area contributed by atoms with Crippen LogP contribution in [0.25, 0.3) is 11.2 Å². The van der Waals surface area contributed by atoms with Crippen molar-refractivity contribution in [2.24, 2.45) is 7.05 Å². The van der Waals surface area contributed by atoms with Gasteiger partial charge in [0.1, 0.15) is 5.82 Å². The molecule has 0 radical (unpaired) electrons. The van der Waals surface area contributed by atoms with E-state index in [0.717, 1.165) is 24.2 Å². The smallest absolute Gasteiger partial charge is 0.251 e. The molecule has 0 unspecified atom stereocenters. The average Bonchev–Trinajstić information content (AvgIpc) is 3.10. The third-order valence-electron chi connectivity index (χ3n) is 5.47. The Morgan fingerprint density at radius 3 is 2.27 bits per heavy atom. The van der Waals surface area contributed by atoms with E-state index in [1.54, 1.807) is 0 Å². The minimum absolute atomic E-state index is 0.135. The highest BCUT2D eigenvalue weighted by Crippen LogP contribution is 2.27. The first-order valence-corrected chi connectivity index (χ1v) is 11.9. The maximum atomic E-state index is 13.2. The molecular formula is C21H27N5O3S. The number of anilines is 1. The van der Waals surface area contributed by atoms with E-state index in [-0.39, 0.29) is 10.9 Å². The number of aryl methyl sites for hydroxylation is 3. The Kier molecular flexibility index (Phi) is 5.75. The molecule has 1 aromatic carbocycles. The van der Waals surface area contributed by atoms with Gasteiger partial charge >= 0.3 is 0 Å². The monoisotopic (exact) mass is 429 g/mol. The summed E-state index contributed by atoms with van der Waals surface area (Å²) >= 11 is 0. The Balaban J connectivity index is 1.79. The van der Waals surface area contributed by atoms with Crippen molar-refractivity contribution in [1.82, 2.24) is 19.5 Å². The average molecular weight is 430 g/mol. The third-order valence-corrected chi connectivity index (χ3v) is 6.92. The zero-order chi connectivity index (χ0) is 21.3. The summed E-state index contributed by atoms with van der Waals surface area (Å²) in [5.41, 5.74) is 3.08. The molecule has 1 aliphatic rings. The van der Waals surface area contributed by atoms with Crippen molar-refractivity contribution >= 4 is 26.8 Å². The van der Waals surface area contributed by atoms with E-state index in [9.17, 15) is 8.42 Å². The van der Waals surface area contributed by atoms with E-state index in [4.69, 9.17) is 9.72 Å². The van der Waals surface area contributed by atoms with Gasteiger partial charge in [-0.1, -0.05) is 38.1 Å². The lowest BCUT2D eigenvalue weighted by atomic mass is 10.1. The molecule has 1 aliphatic heterocycles. The zero-order valence-corrected chi connectivity index (χ0v) is 18.4. The molecule has 2 aromatic heterocycles. The lowest BCUT2D eigenvalue weighted by Gasteiger charge is -2.28. The molecule has 0 amide bonds. The number of nitrogens with zero attached hydrogens (tertiary/aromatic N) is 5. The summed E-state index contributed by atoms with van der Waals surface area (Å²) in [6.07, 6.45) is 1.64. The van der Waals surface area contributed by atoms with E-state index >= 15 is 0 Å². The third kappa shape index (κ3) is 3.91. The molecule has 0 N–H and O–H groups in total. The molecule has 8 nitrogen and oxygen atoms in total. The minimum Gasteiger partial charge on any atom is -0.378 e. The second-order valence-electron chi connectivity index (χ2n) is 7.47. The standard InChI is InChI=1S/C21H27N5O3S/c1-4-15-6-8-16(9-7-15)14-30(27,28)21-23-19-18(22-17(5-2)25(19)3)20(24-21)26-10-12-29-13-11-26/h6-9H,4-5,10-14H2,1-3H3. The van der Waals surface area contributed by atoms with Crippen LogP contribution >= 0.6 is 0 Å². The van der Waals surface area contributed by atoms with Crippen LogP contribution in [0.3, 0.4) is 0 Å². The molecule has 1 fully saturated rings. The summed E-state index contributed by atoms with van der Waals surface area (Å²) in [6, 6.07) is 7.64. The summed E-state index contributed by atoms with van der Waals surface area (Å²) in [6.45, 7) is 6.51. The number of benzene rings is 1. The van der Waals surface area contributed by atoms with Crippen LogP contribution in [0, 0.1) is 0 Å². The maximum Gasteiger partial charge on any atom is 0.251 e. The van der Waals surface area contributed by atoms with E-state index in [2.05, 4.69) is 16.9 Å². The fourth-order valence-electron chi connectivity index (χ4n) is 3.68. The molecule has 160 valence electrons. The van der Waals surface area contributed by atoms with Crippen LogP contribution in [-0.2, 0) is 40.2 Å². The lowest BCUT2D eigenvalue weighted by molar-refractivity contribution is 0.122. The Morgan fingerprint density at radius 1 is 0.967 bits per heavy atom. The second-order valence-corrected chi connectivity index (χ2v) is 9.35. The van der Waals surface area contributed by atoms with Gasteiger partial charge in [0.15, 0.2) is 17.0 Å². The quantitative estimate of drug-likeness (QED) is 0.555. The number of rotatable bonds is 6. The first-order chi connectivity index (χ1) is 14.4. The maximum absolute atomic E-state index is 13.2. The first kappa shape index (κ1) is 20.7. The van der Waals surface area contributed by atoms with Gasteiger partial charge in [0.2, 0.25) is 9.84 Å². The number of hydrogen-bond acceptors (Lipinski definition) is 7. The van der Waals surface area contributed by atoms with Crippen LogP contribution in [0.15, 0.2) is 29.4 Å². The fraction of sp³-hybridized carbons (Fsp3) is 0.476. The van der Waals surface area contributed by atoms with Gasteiger partial charge in [0.25, 0.3) is 5.16 Å². The van der Waals surface area contributed by atoms with E-state index in [1.807, 2.05) is 47.7 Å². The Morgan fingerprint density at radius 2 is 1.63 bits per heavy atom. The van der Waals surface area contributed by atoms with E-state index in [1.165, 1.54) is 5.56 Å². The Hall–Kier alpha value is -2.52. The van der Waals surface area contributed by atoms with Gasteiger partial charge in [-0.25, -0.2) is 13.4 Å². The number of morpholine rings is 1. The molecule has 3 aromatic rings. The molecule has 30 heavy (non-hydrogen) atoms. The SMILES string of the molecule is CCc1ccc(CS(=O)(=O)c2nc(N3CCOCC3)c3nc(CC)n(C)c3n2)cc1. The second kappa shape index (κ2) is 8.31. The van der Waals surface area contributed by atoms with E-state index in [0.29, 0.717) is 43.3 Å². The van der Waals surface area contributed by atoms with Crippen LogP contribution in [0.5, 0.6) is 0 Å². The number of aromatic nitrogens is 4. The van der Waals surface area contributed by atoms with Crippen LogP contribution in [0.1, 0.15) is 30.8 Å². The van der Waals surface area contributed by atoms with Crippen molar-refractivity contribution in [3.05, 3.63) is 41.2 Å². The molecule has 0 spiro atoms. The number of ether oxygens (including phenoxy) is 1.